The zero-order valence-corrected chi connectivity index (χ0v) is 10.4. The van der Waals surface area contributed by atoms with E-state index in [1.165, 1.54) is 0 Å². The Morgan fingerprint density at radius 1 is 0.762 bits per heavy atom. The number of allylic oxidation sites excluding steroid dienone is 1. The minimum atomic E-state index is -0.956. The van der Waals surface area contributed by atoms with Crippen LogP contribution in [0, 0.1) is 23.3 Å². The molecule has 0 heterocycles. The Hall–Kier alpha value is -2.63. The molecule has 6 heteroatoms. The molecule has 21 heavy (non-hydrogen) atoms. The molecule has 0 aliphatic carbocycles. The average molecular weight is 296 g/mol. The summed E-state index contributed by atoms with van der Waals surface area (Å²) in [5, 5.41) is 9.66. The van der Waals surface area contributed by atoms with Crippen molar-refractivity contribution in [3.8, 4) is 0 Å². The third-order valence-corrected chi connectivity index (χ3v) is 2.57. The van der Waals surface area contributed by atoms with E-state index in [1.54, 1.807) is 0 Å². The molecular formula is C15H8F4O2. The maximum atomic E-state index is 13.0. The number of ketones is 1. The predicted octanol–water partition coefficient (Wildman–Crippen LogP) is 4.02. The van der Waals surface area contributed by atoms with E-state index in [-0.39, 0.29) is 11.1 Å². The van der Waals surface area contributed by atoms with E-state index < -0.39 is 34.8 Å². The first-order valence-corrected chi connectivity index (χ1v) is 5.73. The van der Waals surface area contributed by atoms with Crippen molar-refractivity contribution in [1.82, 2.24) is 0 Å². The normalized spacial score (nSPS) is 11.5. The Morgan fingerprint density at radius 3 is 1.57 bits per heavy atom. The van der Waals surface area contributed by atoms with E-state index in [9.17, 15) is 27.5 Å². The standard InChI is InChI=1S/C15H8F4O2/c16-10-1-8(2-11(17)5-10)14(20)7-15(21)9-3-12(18)6-13(19)4-9/h1-7,20H/b14-7-. The van der Waals surface area contributed by atoms with E-state index in [1.807, 2.05) is 0 Å². The van der Waals surface area contributed by atoms with Crippen LogP contribution in [0.2, 0.25) is 0 Å². The molecule has 1 N–H and O–H groups in total. The molecule has 0 saturated heterocycles. The van der Waals surface area contributed by atoms with Crippen molar-refractivity contribution in [1.29, 1.82) is 0 Å². The Bertz CT molecular complexity index is 698. The second-order valence-electron chi connectivity index (χ2n) is 4.21. The minimum Gasteiger partial charge on any atom is -0.507 e. The van der Waals surface area contributed by atoms with Crippen molar-refractivity contribution in [2.45, 2.75) is 0 Å². The third-order valence-electron chi connectivity index (χ3n) is 2.57. The summed E-state index contributed by atoms with van der Waals surface area (Å²) >= 11 is 0. The van der Waals surface area contributed by atoms with Gasteiger partial charge in [0.1, 0.15) is 29.0 Å². The van der Waals surface area contributed by atoms with Gasteiger partial charge in [-0.05, 0) is 24.3 Å². The SMILES string of the molecule is O=C(/C=C(\O)c1cc(F)cc(F)c1)c1cc(F)cc(F)c1. The highest BCUT2D eigenvalue weighted by Gasteiger charge is 2.11. The monoisotopic (exact) mass is 296 g/mol. The largest absolute Gasteiger partial charge is 0.507 e. The molecule has 108 valence electrons. The number of benzene rings is 2. The summed E-state index contributed by atoms with van der Waals surface area (Å²) < 4.78 is 51.9. The summed E-state index contributed by atoms with van der Waals surface area (Å²) in [6.45, 7) is 0. The van der Waals surface area contributed by atoms with E-state index >= 15 is 0 Å². The Morgan fingerprint density at radius 2 is 1.14 bits per heavy atom. The molecule has 0 aliphatic heterocycles. The first-order chi connectivity index (χ1) is 9.85. The molecule has 2 rings (SSSR count). The molecule has 0 saturated carbocycles. The average Bonchev–Trinajstić information content (AvgIpc) is 2.36. The van der Waals surface area contributed by atoms with Gasteiger partial charge in [0, 0.05) is 29.3 Å². The van der Waals surface area contributed by atoms with Gasteiger partial charge in [-0.3, -0.25) is 4.79 Å². The number of carbonyl (C=O) groups excluding carboxylic acids is 1. The van der Waals surface area contributed by atoms with Crippen molar-refractivity contribution in [3.63, 3.8) is 0 Å². The molecule has 2 nitrogen and oxygen atoms in total. The highest BCUT2D eigenvalue weighted by molar-refractivity contribution is 6.07. The number of hydrogen-bond donors (Lipinski definition) is 1. The van der Waals surface area contributed by atoms with E-state index in [0.29, 0.717) is 18.2 Å². The highest BCUT2D eigenvalue weighted by Crippen LogP contribution is 2.17. The van der Waals surface area contributed by atoms with Crippen molar-refractivity contribution < 1.29 is 27.5 Å². The lowest BCUT2D eigenvalue weighted by atomic mass is 10.1. The summed E-state index contributed by atoms with van der Waals surface area (Å²) in [7, 11) is 0. The van der Waals surface area contributed by atoms with Gasteiger partial charge in [0.25, 0.3) is 0 Å². The summed E-state index contributed by atoms with van der Waals surface area (Å²) in [6.07, 6.45) is 0.627. The lowest BCUT2D eigenvalue weighted by molar-refractivity contribution is 0.104. The molecule has 0 aromatic heterocycles. The fourth-order valence-electron chi connectivity index (χ4n) is 1.69. The summed E-state index contributed by atoms with van der Waals surface area (Å²) in [6, 6.07) is 4.37. The van der Waals surface area contributed by atoms with Crippen molar-refractivity contribution in [2.75, 3.05) is 0 Å². The number of rotatable bonds is 3. The van der Waals surface area contributed by atoms with Crippen LogP contribution in [0.3, 0.4) is 0 Å². The van der Waals surface area contributed by atoms with E-state index in [4.69, 9.17) is 0 Å². The molecule has 0 spiro atoms. The van der Waals surface area contributed by atoms with E-state index in [2.05, 4.69) is 0 Å². The molecule has 2 aromatic carbocycles. The van der Waals surface area contributed by atoms with Crippen molar-refractivity contribution >= 4 is 11.5 Å². The predicted molar refractivity (Wildman–Crippen MR) is 67.7 cm³/mol. The fraction of sp³-hybridized carbons (Fsp3) is 0. The second-order valence-corrected chi connectivity index (χ2v) is 4.21. The summed E-state index contributed by atoms with van der Waals surface area (Å²) in [5.41, 5.74) is -0.603. The number of halogens is 4. The zero-order chi connectivity index (χ0) is 15.6. The number of aliphatic hydroxyl groups is 1. The topological polar surface area (TPSA) is 37.3 Å². The molecule has 0 atom stereocenters. The van der Waals surface area contributed by atoms with Gasteiger partial charge in [-0.1, -0.05) is 0 Å². The van der Waals surface area contributed by atoms with Crippen LogP contribution in [0.1, 0.15) is 15.9 Å². The summed E-state index contributed by atoms with van der Waals surface area (Å²) in [4.78, 5) is 11.7. The van der Waals surface area contributed by atoms with Crippen LogP contribution >= 0.6 is 0 Å². The third kappa shape index (κ3) is 3.68. The van der Waals surface area contributed by atoms with Gasteiger partial charge < -0.3 is 5.11 Å². The highest BCUT2D eigenvalue weighted by atomic mass is 19.1. The Balaban J connectivity index is 2.35. The Kier molecular flexibility index (Phi) is 4.07. The van der Waals surface area contributed by atoms with Gasteiger partial charge in [-0.25, -0.2) is 17.6 Å². The van der Waals surface area contributed by atoms with Crippen LogP contribution in [-0.2, 0) is 0 Å². The number of hydrogen-bond acceptors (Lipinski definition) is 2. The Labute approximate surface area is 117 Å². The van der Waals surface area contributed by atoms with Gasteiger partial charge in [0.15, 0.2) is 5.78 Å². The van der Waals surface area contributed by atoms with Crippen LogP contribution < -0.4 is 0 Å². The molecule has 0 fully saturated rings. The first-order valence-electron chi connectivity index (χ1n) is 5.73. The molecular weight excluding hydrogens is 288 g/mol. The van der Waals surface area contributed by atoms with Crippen LogP contribution in [0.15, 0.2) is 42.5 Å². The minimum absolute atomic E-state index is 0.266. The lowest BCUT2D eigenvalue weighted by Crippen LogP contribution is -1.99. The molecule has 0 bridgehead atoms. The quantitative estimate of drug-likeness (QED) is 0.402. The van der Waals surface area contributed by atoms with Crippen LogP contribution in [-0.4, -0.2) is 10.9 Å². The van der Waals surface area contributed by atoms with Gasteiger partial charge in [-0.15, -0.1) is 0 Å². The lowest BCUT2D eigenvalue weighted by Gasteiger charge is -2.02. The van der Waals surface area contributed by atoms with Crippen LogP contribution in [0.25, 0.3) is 5.76 Å². The van der Waals surface area contributed by atoms with Gasteiger partial charge in [0.05, 0.1) is 0 Å². The van der Waals surface area contributed by atoms with Crippen molar-refractivity contribution in [3.05, 3.63) is 76.9 Å². The van der Waals surface area contributed by atoms with Crippen LogP contribution in [0.5, 0.6) is 0 Å². The molecule has 0 unspecified atom stereocenters. The maximum Gasteiger partial charge on any atom is 0.189 e. The molecule has 0 radical (unpaired) electrons. The number of carbonyl (C=O) groups is 1. The van der Waals surface area contributed by atoms with Gasteiger partial charge >= 0.3 is 0 Å². The molecule has 0 amide bonds. The second kappa shape index (κ2) is 5.78. The fourth-order valence-corrected chi connectivity index (χ4v) is 1.69. The zero-order valence-electron chi connectivity index (χ0n) is 10.4. The smallest absolute Gasteiger partial charge is 0.189 e. The van der Waals surface area contributed by atoms with Gasteiger partial charge in [-0.2, -0.15) is 0 Å². The molecule has 0 aliphatic rings. The van der Waals surface area contributed by atoms with Crippen molar-refractivity contribution in [2.24, 2.45) is 0 Å². The first kappa shape index (κ1) is 14.8. The van der Waals surface area contributed by atoms with E-state index in [0.717, 1.165) is 24.3 Å². The maximum absolute atomic E-state index is 13.0. The van der Waals surface area contributed by atoms with Crippen LogP contribution in [0.4, 0.5) is 17.6 Å². The molecule has 2 aromatic rings. The summed E-state index contributed by atoms with van der Waals surface area (Å²) in [5.74, 6) is -5.41. The number of aliphatic hydroxyl groups excluding tert-OH is 1. The van der Waals surface area contributed by atoms with Gasteiger partial charge in [0.2, 0.25) is 0 Å².